The molecule has 0 amide bonds. The number of rotatable bonds is 7. The van der Waals surface area contributed by atoms with Crippen molar-refractivity contribution in [3.63, 3.8) is 0 Å². The summed E-state index contributed by atoms with van der Waals surface area (Å²) in [5.41, 5.74) is 3.00. The number of hydrogen-bond acceptors (Lipinski definition) is 4. The van der Waals surface area contributed by atoms with E-state index in [0.29, 0.717) is 29.1 Å². The average Bonchev–Trinajstić information content (AvgIpc) is 3.20. The molecule has 31 heavy (non-hydrogen) atoms. The molecule has 4 rings (SSSR count). The number of ketones is 1. The molecule has 0 fully saturated rings. The quantitative estimate of drug-likeness (QED) is 0.434. The summed E-state index contributed by atoms with van der Waals surface area (Å²) in [7, 11) is -3.91. The third-order valence-electron chi connectivity index (χ3n) is 4.80. The summed E-state index contributed by atoms with van der Waals surface area (Å²) in [5.74, 6) is -0.0806. The van der Waals surface area contributed by atoms with Crippen molar-refractivity contribution in [1.29, 1.82) is 0 Å². The molecular formula is C24H21N3O3S. The van der Waals surface area contributed by atoms with Gasteiger partial charge in [-0.25, -0.2) is 8.42 Å². The van der Waals surface area contributed by atoms with Crippen LogP contribution in [-0.2, 0) is 16.6 Å². The molecule has 0 saturated carbocycles. The summed E-state index contributed by atoms with van der Waals surface area (Å²) in [6.45, 7) is 1.91. The van der Waals surface area contributed by atoms with Crippen LogP contribution in [0.4, 0.5) is 5.69 Å². The highest BCUT2D eigenvalue weighted by Crippen LogP contribution is 2.28. The number of nitrogens with zero attached hydrogens (tertiary/aromatic N) is 2. The van der Waals surface area contributed by atoms with Gasteiger partial charge in [-0.05, 0) is 36.8 Å². The maximum absolute atomic E-state index is 13.2. The van der Waals surface area contributed by atoms with E-state index in [2.05, 4.69) is 9.82 Å². The van der Waals surface area contributed by atoms with Gasteiger partial charge in [0.2, 0.25) is 0 Å². The molecule has 0 atom stereocenters. The first-order valence-electron chi connectivity index (χ1n) is 9.73. The summed E-state index contributed by atoms with van der Waals surface area (Å²) in [4.78, 5) is 11.6. The second-order valence-corrected chi connectivity index (χ2v) is 8.78. The van der Waals surface area contributed by atoms with E-state index in [1.165, 1.54) is 6.92 Å². The SMILES string of the molecule is CC(=O)c1ccc(NS(=O)(=O)c2cn(Cc3ccccc3)nc2-c2ccccc2)cc1. The Kier molecular flexibility index (Phi) is 5.68. The normalized spacial score (nSPS) is 11.3. The smallest absolute Gasteiger partial charge is 0.265 e. The van der Waals surface area contributed by atoms with Gasteiger partial charge in [-0.3, -0.25) is 14.2 Å². The Morgan fingerprint density at radius 2 is 1.52 bits per heavy atom. The number of carbonyl (C=O) groups excluding carboxylic acids is 1. The molecule has 7 heteroatoms. The van der Waals surface area contributed by atoms with E-state index in [4.69, 9.17) is 0 Å². The number of sulfonamides is 1. The first kappa shape index (κ1) is 20.6. The van der Waals surface area contributed by atoms with Crippen LogP contribution in [0.1, 0.15) is 22.8 Å². The number of hydrogen-bond donors (Lipinski definition) is 1. The van der Waals surface area contributed by atoms with Gasteiger partial charge in [-0.15, -0.1) is 0 Å². The molecule has 1 aromatic heterocycles. The number of benzene rings is 3. The van der Waals surface area contributed by atoms with Crippen molar-refractivity contribution in [2.75, 3.05) is 4.72 Å². The molecule has 0 spiro atoms. The number of carbonyl (C=O) groups is 1. The topological polar surface area (TPSA) is 81.1 Å². The summed E-state index contributed by atoms with van der Waals surface area (Å²) in [5, 5.41) is 4.57. The molecule has 156 valence electrons. The molecule has 0 unspecified atom stereocenters. The Morgan fingerprint density at radius 3 is 2.13 bits per heavy atom. The highest BCUT2D eigenvalue weighted by Gasteiger charge is 2.24. The van der Waals surface area contributed by atoms with E-state index >= 15 is 0 Å². The number of Topliss-reactive ketones (excluding diaryl/α,β-unsaturated/α-hetero) is 1. The molecule has 0 aliphatic rings. The Morgan fingerprint density at radius 1 is 0.903 bits per heavy atom. The monoisotopic (exact) mass is 431 g/mol. The van der Waals surface area contributed by atoms with Gasteiger partial charge in [0.25, 0.3) is 10.0 Å². The summed E-state index contributed by atoms with van der Waals surface area (Å²) >= 11 is 0. The van der Waals surface area contributed by atoms with Crippen molar-refractivity contribution in [3.8, 4) is 11.3 Å². The minimum atomic E-state index is -3.91. The van der Waals surface area contributed by atoms with Crippen LogP contribution in [0.15, 0.2) is 96.0 Å². The van der Waals surface area contributed by atoms with Crippen LogP contribution in [0.25, 0.3) is 11.3 Å². The van der Waals surface area contributed by atoms with Gasteiger partial charge in [0.05, 0.1) is 6.54 Å². The first-order chi connectivity index (χ1) is 14.9. The summed E-state index contributed by atoms with van der Waals surface area (Å²) < 4.78 is 30.7. The minimum absolute atomic E-state index is 0.0806. The van der Waals surface area contributed by atoms with Crippen molar-refractivity contribution in [3.05, 3.63) is 102 Å². The van der Waals surface area contributed by atoms with E-state index in [1.807, 2.05) is 60.7 Å². The Labute approximate surface area is 181 Å². The maximum Gasteiger partial charge on any atom is 0.265 e. The van der Waals surface area contributed by atoms with Crippen LogP contribution in [0.3, 0.4) is 0 Å². The fraction of sp³-hybridized carbons (Fsp3) is 0.0833. The third-order valence-corrected chi connectivity index (χ3v) is 6.18. The molecular weight excluding hydrogens is 410 g/mol. The number of aromatic nitrogens is 2. The van der Waals surface area contributed by atoms with Crippen molar-refractivity contribution in [2.45, 2.75) is 18.4 Å². The largest absolute Gasteiger partial charge is 0.295 e. The van der Waals surface area contributed by atoms with Crippen LogP contribution in [0.5, 0.6) is 0 Å². The lowest BCUT2D eigenvalue weighted by atomic mass is 10.1. The molecule has 6 nitrogen and oxygen atoms in total. The summed E-state index contributed by atoms with van der Waals surface area (Å²) in [6, 6.07) is 25.3. The Balaban J connectivity index is 1.71. The van der Waals surface area contributed by atoms with E-state index in [9.17, 15) is 13.2 Å². The Bertz CT molecular complexity index is 1300. The fourth-order valence-electron chi connectivity index (χ4n) is 3.23. The lowest BCUT2D eigenvalue weighted by Gasteiger charge is -2.08. The van der Waals surface area contributed by atoms with Crippen molar-refractivity contribution >= 4 is 21.5 Å². The predicted octanol–water partition coefficient (Wildman–Crippen LogP) is 4.60. The van der Waals surface area contributed by atoms with Gasteiger partial charge in [0.15, 0.2) is 5.78 Å². The van der Waals surface area contributed by atoms with Crippen molar-refractivity contribution in [1.82, 2.24) is 9.78 Å². The summed E-state index contributed by atoms with van der Waals surface area (Å²) in [6.07, 6.45) is 1.54. The average molecular weight is 432 g/mol. The van der Waals surface area contributed by atoms with Gasteiger partial charge in [-0.2, -0.15) is 5.10 Å². The van der Waals surface area contributed by atoms with Crippen LogP contribution in [0, 0.1) is 0 Å². The highest BCUT2D eigenvalue weighted by molar-refractivity contribution is 7.92. The molecule has 0 bridgehead atoms. The van der Waals surface area contributed by atoms with Crippen LogP contribution in [0.2, 0.25) is 0 Å². The van der Waals surface area contributed by atoms with Crippen molar-refractivity contribution < 1.29 is 13.2 Å². The lowest BCUT2D eigenvalue weighted by molar-refractivity contribution is 0.101. The maximum atomic E-state index is 13.2. The number of anilines is 1. The number of nitrogens with one attached hydrogen (secondary N) is 1. The van der Waals surface area contributed by atoms with Crippen molar-refractivity contribution in [2.24, 2.45) is 0 Å². The van der Waals surface area contributed by atoms with Gasteiger partial charge in [0, 0.05) is 23.0 Å². The molecule has 1 N–H and O–H groups in total. The zero-order valence-electron chi connectivity index (χ0n) is 16.9. The van der Waals surface area contributed by atoms with Gasteiger partial charge < -0.3 is 0 Å². The molecule has 4 aromatic rings. The van der Waals surface area contributed by atoms with E-state index in [1.54, 1.807) is 35.1 Å². The molecule has 0 aliphatic carbocycles. The van der Waals surface area contributed by atoms with Crippen LogP contribution in [-0.4, -0.2) is 24.0 Å². The molecule has 0 saturated heterocycles. The van der Waals surface area contributed by atoms with Crippen LogP contribution < -0.4 is 4.72 Å². The predicted molar refractivity (Wildman–Crippen MR) is 120 cm³/mol. The third kappa shape index (κ3) is 4.73. The van der Waals surface area contributed by atoms with Crippen LogP contribution >= 0.6 is 0 Å². The Hall–Kier alpha value is -3.71. The van der Waals surface area contributed by atoms with E-state index in [-0.39, 0.29) is 10.7 Å². The molecule has 0 aliphatic heterocycles. The second-order valence-electron chi connectivity index (χ2n) is 7.13. The lowest BCUT2D eigenvalue weighted by Crippen LogP contribution is -2.13. The molecule has 1 heterocycles. The molecule has 3 aromatic carbocycles. The zero-order chi connectivity index (χ0) is 21.8. The molecule has 0 radical (unpaired) electrons. The highest BCUT2D eigenvalue weighted by atomic mass is 32.2. The fourth-order valence-corrected chi connectivity index (χ4v) is 4.46. The second kappa shape index (κ2) is 8.57. The van der Waals surface area contributed by atoms with E-state index in [0.717, 1.165) is 5.56 Å². The minimum Gasteiger partial charge on any atom is -0.295 e. The standard InChI is InChI=1S/C24H21N3O3S/c1-18(28)20-12-14-22(15-13-20)26-31(29,30)23-17-27(16-19-8-4-2-5-9-19)25-24(23)21-10-6-3-7-11-21/h2-15,17,26H,16H2,1H3. The van der Waals surface area contributed by atoms with Gasteiger partial charge >= 0.3 is 0 Å². The zero-order valence-corrected chi connectivity index (χ0v) is 17.7. The van der Waals surface area contributed by atoms with Gasteiger partial charge in [0.1, 0.15) is 10.6 Å². The van der Waals surface area contributed by atoms with E-state index < -0.39 is 10.0 Å². The first-order valence-corrected chi connectivity index (χ1v) is 11.2. The van der Waals surface area contributed by atoms with Gasteiger partial charge in [-0.1, -0.05) is 60.7 Å².